The molecule has 3 aromatic carbocycles. The van der Waals surface area contributed by atoms with Crippen LogP contribution in [0.15, 0.2) is 91.6 Å². The summed E-state index contributed by atoms with van der Waals surface area (Å²) in [6.45, 7) is 1.97. The van der Waals surface area contributed by atoms with Gasteiger partial charge in [0.1, 0.15) is 0 Å². The Hall–Kier alpha value is -2.61. The summed E-state index contributed by atoms with van der Waals surface area (Å²) < 4.78 is 33.3. The number of anilines is 2. The number of oxazole rings is 1. The average molecular weight is 504 g/mol. The van der Waals surface area contributed by atoms with Crippen LogP contribution < -0.4 is 5.32 Å². The van der Waals surface area contributed by atoms with Crippen molar-refractivity contribution in [2.45, 2.75) is 16.8 Å². The van der Waals surface area contributed by atoms with Crippen LogP contribution in [0.3, 0.4) is 0 Å². The summed E-state index contributed by atoms with van der Waals surface area (Å²) in [4.78, 5) is 4.42. The first-order valence-corrected chi connectivity index (χ1v) is 11.6. The van der Waals surface area contributed by atoms with Gasteiger partial charge in [-0.25, -0.2) is 8.42 Å². The zero-order valence-corrected chi connectivity index (χ0v) is 18.9. The van der Waals surface area contributed by atoms with Crippen molar-refractivity contribution in [3.63, 3.8) is 0 Å². The van der Waals surface area contributed by atoms with Crippen molar-refractivity contribution in [2.24, 2.45) is 0 Å². The topological polar surface area (TPSA) is 72.2 Å². The molecule has 0 amide bonds. The summed E-state index contributed by atoms with van der Waals surface area (Å²) >= 11 is 9.59. The van der Waals surface area contributed by atoms with Gasteiger partial charge in [0.25, 0.3) is 0 Å². The van der Waals surface area contributed by atoms with Gasteiger partial charge in [-0.3, -0.25) is 0 Å². The smallest absolute Gasteiger partial charge is 0.238 e. The van der Waals surface area contributed by atoms with E-state index in [1.807, 2.05) is 31.2 Å². The molecule has 0 atom stereocenters. The van der Waals surface area contributed by atoms with E-state index in [0.29, 0.717) is 16.3 Å². The van der Waals surface area contributed by atoms with E-state index in [4.69, 9.17) is 16.0 Å². The first-order chi connectivity index (χ1) is 14.3. The van der Waals surface area contributed by atoms with E-state index in [1.54, 1.807) is 36.4 Å². The van der Waals surface area contributed by atoms with Gasteiger partial charge in [0.15, 0.2) is 0 Å². The van der Waals surface area contributed by atoms with Crippen LogP contribution in [0.4, 0.5) is 11.6 Å². The molecule has 0 saturated carbocycles. The molecule has 0 radical (unpaired) electrons. The van der Waals surface area contributed by atoms with Crippen molar-refractivity contribution >= 4 is 48.9 Å². The van der Waals surface area contributed by atoms with Crippen molar-refractivity contribution in [2.75, 3.05) is 5.32 Å². The van der Waals surface area contributed by atoms with E-state index in [1.165, 1.54) is 12.1 Å². The third-order valence-corrected chi connectivity index (χ3v) is 6.93. The molecule has 0 aliphatic carbocycles. The minimum atomic E-state index is -3.95. The normalized spacial score (nSPS) is 11.4. The van der Waals surface area contributed by atoms with E-state index in [2.05, 4.69) is 26.2 Å². The fourth-order valence-corrected chi connectivity index (χ4v) is 4.55. The molecular weight excluding hydrogens is 488 g/mol. The van der Waals surface area contributed by atoms with E-state index in [-0.39, 0.29) is 21.7 Å². The van der Waals surface area contributed by atoms with Gasteiger partial charge in [0.2, 0.25) is 26.6 Å². The first-order valence-electron chi connectivity index (χ1n) is 8.95. The molecule has 152 valence electrons. The number of sulfone groups is 1. The highest BCUT2D eigenvalue weighted by molar-refractivity contribution is 9.10. The van der Waals surface area contributed by atoms with E-state index < -0.39 is 9.84 Å². The number of nitrogens with one attached hydrogen (secondary N) is 1. The van der Waals surface area contributed by atoms with Crippen molar-refractivity contribution in [3.05, 3.63) is 87.9 Å². The maximum absolute atomic E-state index is 13.3. The highest BCUT2D eigenvalue weighted by Gasteiger charge is 2.29. The lowest BCUT2D eigenvalue weighted by atomic mass is 10.2. The Morgan fingerprint density at radius 2 is 1.63 bits per heavy atom. The van der Waals surface area contributed by atoms with Crippen LogP contribution in [0.1, 0.15) is 5.56 Å². The highest BCUT2D eigenvalue weighted by Crippen LogP contribution is 2.36. The average Bonchev–Trinajstić information content (AvgIpc) is 3.15. The lowest BCUT2D eigenvalue weighted by Gasteiger charge is -2.06. The molecular formula is C22H16BrClN2O3S. The Morgan fingerprint density at radius 3 is 2.30 bits per heavy atom. The molecule has 1 N–H and O–H groups in total. The number of benzene rings is 3. The van der Waals surface area contributed by atoms with Crippen LogP contribution >= 0.6 is 27.5 Å². The highest BCUT2D eigenvalue weighted by atomic mass is 79.9. The minimum absolute atomic E-state index is 0.0247. The maximum atomic E-state index is 13.3. The monoisotopic (exact) mass is 502 g/mol. The largest absolute Gasteiger partial charge is 0.419 e. The van der Waals surface area contributed by atoms with Crippen molar-refractivity contribution < 1.29 is 12.8 Å². The summed E-state index contributed by atoms with van der Waals surface area (Å²) in [6, 6.07) is 20.8. The van der Waals surface area contributed by atoms with Gasteiger partial charge in [0, 0.05) is 10.2 Å². The Kier molecular flexibility index (Phi) is 5.69. The Balaban J connectivity index is 1.85. The van der Waals surface area contributed by atoms with E-state index in [9.17, 15) is 8.42 Å². The summed E-state index contributed by atoms with van der Waals surface area (Å²) in [6.07, 6.45) is 0. The van der Waals surface area contributed by atoms with Crippen LogP contribution in [0, 0.1) is 6.92 Å². The molecule has 0 spiro atoms. The second-order valence-corrected chi connectivity index (χ2v) is 9.77. The van der Waals surface area contributed by atoms with Gasteiger partial charge < -0.3 is 9.73 Å². The number of hydrogen-bond acceptors (Lipinski definition) is 5. The fourth-order valence-electron chi connectivity index (χ4n) is 2.81. The minimum Gasteiger partial charge on any atom is -0.419 e. The second kappa shape index (κ2) is 8.26. The van der Waals surface area contributed by atoms with Crippen LogP contribution in [0.2, 0.25) is 5.02 Å². The number of aromatic nitrogens is 1. The molecule has 4 rings (SSSR count). The van der Waals surface area contributed by atoms with Gasteiger partial charge in [-0.2, -0.15) is 4.98 Å². The first kappa shape index (κ1) is 20.7. The number of rotatable bonds is 5. The molecule has 8 heteroatoms. The predicted octanol–water partition coefficient (Wildman–Crippen LogP) is 6.64. The second-order valence-electron chi connectivity index (χ2n) is 6.58. The van der Waals surface area contributed by atoms with Gasteiger partial charge in [-0.15, -0.1) is 0 Å². The lowest BCUT2D eigenvalue weighted by Crippen LogP contribution is -2.05. The third kappa shape index (κ3) is 4.14. The molecule has 4 aromatic rings. The van der Waals surface area contributed by atoms with Crippen LogP contribution in [-0.2, 0) is 9.84 Å². The van der Waals surface area contributed by atoms with Crippen LogP contribution in [0.25, 0.3) is 11.5 Å². The van der Waals surface area contributed by atoms with Gasteiger partial charge in [-0.05, 0) is 55.5 Å². The van der Waals surface area contributed by atoms with Crippen molar-refractivity contribution in [3.8, 4) is 11.5 Å². The number of aryl methyl sites for hydroxylation is 1. The van der Waals surface area contributed by atoms with Crippen molar-refractivity contribution in [1.29, 1.82) is 0 Å². The molecule has 1 aromatic heterocycles. The molecule has 0 fully saturated rings. The summed E-state index contributed by atoms with van der Waals surface area (Å²) in [5, 5.41) is 3.24. The van der Waals surface area contributed by atoms with Gasteiger partial charge in [-0.1, -0.05) is 57.4 Å². The fraction of sp³-hybridized carbons (Fsp3) is 0.0455. The van der Waals surface area contributed by atoms with E-state index >= 15 is 0 Å². The van der Waals surface area contributed by atoms with Gasteiger partial charge in [0.05, 0.1) is 15.5 Å². The molecule has 1 heterocycles. The zero-order chi connectivity index (χ0) is 21.3. The molecule has 0 bridgehead atoms. The Morgan fingerprint density at radius 1 is 0.967 bits per heavy atom. The predicted molar refractivity (Wildman–Crippen MR) is 121 cm³/mol. The zero-order valence-electron chi connectivity index (χ0n) is 15.8. The van der Waals surface area contributed by atoms with Crippen molar-refractivity contribution in [1.82, 2.24) is 4.98 Å². The molecule has 0 aliphatic rings. The maximum Gasteiger partial charge on any atom is 0.238 e. The van der Waals surface area contributed by atoms with Crippen LogP contribution in [-0.4, -0.2) is 13.4 Å². The summed E-state index contributed by atoms with van der Waals surface area (Å²) in [5.41, 5.74) is 2.26. The molecule has 0 unspecified atom stereocenters. The standard InChI is InChI=1S/C22H16BrClN2O3S/c1-14-6-10-16(11-7-14)25-21-22(30(27,28)17-12-8-15(23)9-13-17)26-20(29-21)18-4-2-3-5-19(18)24/h2-13,25H,1H3. The van der Waals surface area contributed by atoms with Crippen LogP contribution in [0.5, 0.6) is 0 Å². The number of nitrogens with zero attached hydrogens (tertiary/aromatic N) is 1. The van der Waals surface area contributed by atoms with Gasteiger partial charge >= 0.3 is 0 Å². The quantitative estimate of drug-likeness (QED) is 0.330. The molecule has 30 heavy (non-hydrogen) atoms. The molecule has 0 aliphatic heterocycles. The third-order valence-electron chi connectivity index (χ3n) is 4.39. The Bertz CT molecular complexity index is 1300. The van der Waals surface area contributed by atoms with E-state index in [0.717, 1.165) is 10.0 Å². The number of hydrogen-bond donors (Lipinski definition) is 1. The summed E-state index contributed by atoms with van der Waals surface area (Å²) in [5.74, 6) is 0.141. The summed E-state index contributed by atoms with van der Waals surface area (Å²) in [7, 11) is -3.95. The SMILES string of the molecule is Cc1ccc(Nc2oc(-c3ccccc3Cl)nc2S(=O)(=O)c2ccc(Br)cc2)cc1. The Labute approximate surface area is 187 Å². The number of halogens is 2. The lowest BCUT2D eigenvalue weighted by molar-refractivity contribution is 0.582. The molecule has 5 nitrogen and oxygen atoms in total. The molecule has 0 saturated heterocycles.